The minimum atomic E-state index is -0.165. The smallest absolute Gasteiger partial charge is 0.132 e. The third kappa shape index (κ3) is 2.23. The molecule has 1 aromatic carbocycles. The molecule has 0 aliphatic heterocycles. The number of nitrogens with zero attached hydrogens (tertiary/aromatic N) is 4. The molecule has 1 atom stereocenters. The molecule has 0 saturated carbocycles. The van der Waals surface area contributed by atoms with Gasteiger partial charge in [0.25, 0.3) is 0 Å². The van der Waals surface area contributed by atoms with Crippen molar-refractivity contribution in [3.8, 4) is 5.69 Å². The lowest BCUT2D eigenvalue weighted by Crippen LogP contribution is -2.04. The minimum Gasteiger partial charge on any atom is -0.291 e. The van der Waals surface area contributed by atoms with Crippen molar-refractivity contribution in [1.29, 1.82) is 0 Å². The Kier molecular flexibility index (Phi) is 3.49. The predicted octanol–water partition coefficient (Wildman–Crippen LogP) is 3.93. The number of alkyl halides is 1. The fourth-order valence-electron chi connectivity index (χ4n) is 2.78. The molecule has 4 nitrogen and oxygen atoms in total. The van der Waals surface area contributed by atoms with Crippen molar-refractivity contribution in [2.24, 2.45) is 7.05 Å². The van der Waals surface area contributed by atoms with Gasteiger partial charge in [0.05, 0.1) is 27.8 Å². The monoisotopic (exact) mass is 302 g/mol. The molecule has 3 aromatic rings. The molecule has 0 fully saturated rings. The van der Waals surface area contributed by atoms with E-state index in [-0.39, 0.29) is 5.38 Å². The van der Waals surface area contributed by atoms with Gasteiger partial charge in [0.15, 0.2) is 0 Å². The van der Waals surface area contributed by atoms with Crippen LogP contribution in [-0.2, 0) is 13.5 Å². The van der Waals surface area contributed by atoms with Gasteiger partial charge in [0, 0.05) is 13.2 Å². The van der Waals surface area contributed by atoms with Crippen molar-refractivity contribution in [3.05, 3.63) is 41.5 Å². The van der Waals surface area contributed by atoms with Gasteiger partial charge in [-0.1, -0.05) is 19.1 Å². The van der Waals surface area contributed by atoms with Crippen molar-refractivity contribution < 1.29 is 0 Å². The topological polar surface area (TPSA) is 35.6 Å². The van der Waals surface area contributed by atoms with E-state index in [9.17, 15) is 0 Å². The number of aromatic nitrogens is 4. The highest BCUT2D eigenvalue weighted by Gasteiger charge is 2.20. The van der Waals surface area contributed by atoms with Crippen molar-refractivity contribution >= 4 is 22.6 Å². The molecule has 0 spiro atoms. The number of fused-ring (bicyclic) bond motifs is 1. The zero-order chi connectivity index (χ0) is 15.1. The Morgan fingerprint density at radius 2 is 2.10 bits per heavy atom. The molecule has 2 aromatic heterocycles. The van der Waals surface area contributed by atoms with Crippen LogP contribution in [0.25, 0.3) is 16.7 Å². The van der Waals surface area contributed by atoms with Crippen LogP contribution in [-0.4, -0.2) is 19.3 Å². The third-order valence-electron chi connectivity index (χ3n) is 3.72. The lowest BCUT2D eigenvalue weighted by Gasteiger charge is -2.11. The number of aryl methyl sites for hydroxylation is 3. The van der Waals surface area contributed by atoms with Gasteiger partial charge < -0.3 is 0 Å². The molecule has 0 aliphatic carbocycles. The summed E-state index contributed by atoms with van der Waals surface area (Å²) in [5.74, 6) is 0.865. The van der Waals surface area contributed by atoms with Gasteiger partial charge in [-0.2, -0.15) is 5.10 Å². The van der Waals surface area contributed by atoms with E-state index in [0.717, 1.165) is 34.7 Å². The molecule has 0 saturated heterocycles. The van der Waals surface area contributed by atoms with Gasteiger partial charge in [-0.3, -0.25) is 9.25 Å². The van der Waals surface area contributed by atoms with E-state index in [1.165, 1.54) is 5.56 Å². The number of benzene rings is 1. The maximum atomic E-state index is 6.37. The highest BCUT2D eigenvalue weighted by atomic mass is 35.5. The van der Waals surface area contributed by atoms with E-state index in [4.69, 9.17) is 16.6 Å². The van der Waals surface area contributed by atoms with Crippen molar-refractivity contribution in [2.75, 3.05) is 0 Å². The molecule has 1 unspecified atom stereocenters. The number of halogens is 1. The van der Waals surface area contributed by atoms with Crippen LogP contribution in [0.3, 0.4) is 0 Å². The van der Waals surface area contributed by atoms with Crippen LogP contribution in [0.15, 0.2) is 24.4 Å². The average molecular weight is 303 g/mol. The van der Waals surface area contributed by atoms with Gasteiger partial charge in [0.1, 0.15) is 5.82 Å². The predicted molar refractivity (Wildman–Crippen MR) is 86.2 cm³/mol. The molecule has 0 N–H and O–H groups in total. The second kappa shape index (κ2) is 5.19. The van der Waals surface area contributed by atoms with E-state index in [0.29, 0.717) is 0 Å². The second-order valence-electron chi connectivity index (χ2n) is 5.35. The normalized spacial score (nSPS) is 13.0. The van der Waals surface area contributed by atoms with Crippen LogP contribution in [0.4, 0.5) is 0 Å². The first-order valence-electron chi connectivity index (χ1n) is 7.17. The van der Waals surface area contributed by atoms with Crippen molar-refractivity contribution in [1.82, 2.24) is 19.3 Å². The summed E-state index contributed by atoms with van der Waals surface area (Å²) < 4.78 is 4.01. The molecule has 5 heteroatoms. The lowest BCUT2D eigenvalue weighted by atomic mass is 10.2. The summed E-state index contributed by atoms with van der Waals surface area (Å²) in [4.78, 5) is 4.73. The van der Waals surface area contributed by atoms with Crippen LogP contribution in [0, 0.1) is 6.92 Å². The van der Waals surface area contributed by atoms with Crippen molar-refractivity contribution in [3.63, 3.8) is 0 Å². The van der Waals surface area contributed by atoms with Crippen LogP contribution in [0.2, 0.25) is 0 Å². The molecule has 21 heavy (non-hydrogen) atoms. The molecule has 0 bridgehead atoms. The summed E-state index contributed by atoms with van der Waals surface area (Å²) in [6.45, 7) is 6.17. The third-order valence-corrected chi connectivity index (χ3v) is 3.91. The fraction of sp³-hybridized carbons (Fsp3) is 0.375. The summed E-state index contributed by atoms with van der Waals surface area (Å²) in [6.07, 6.45) is 2.91. The van der Waals surface area contributed by atoms with Gasteiger partial charge in [-0.25, -0.2) is 4.98 Å². The Morgan fingerprint density at radius 1 is 1.33 bits per heavy atom. The van der Waals surface area contributed by atoms with Gasteiger partial charge in [-0.15, -0.1) is 11.6 Å². The lowest BCUT2D eigenvalue weighted by molar-refractivity contribution is 0.746. The zero-order valence-electron chi connectivity index (χ0n) is 12.8. The highest BCUT2D eigenvalue weighted by molar-refractivity contribution is 6.20. The number of imidazole rings is 1. The quantitative estimate of drug-likeness (QED) is 0.687. The van der Waals surface area contributed by atoms with E-state index in [2.05, 4.69) is 29.6 Å². The van der Waals surface area contributed by atoms with Crippen LogP contribution in [0.5, 0.6) is 0 Å². The van der Waals surface area contributed by atoms with E-state index < -0.39 is 0 Å². The average Bonchev–Trinajstić information content (AvgIpc) is 2.99. The standard InChI is InChI=1S/C16H19ClN4/c1-5-12-14(9-20(4)19-12)21-15-10(2)7-6-8-13(15)18-16(21)11(3)17/h6-9,11H,5H2,1-4H3. The zero-order valence-corrected chi connectivity index (χ0v) is 13.5. The number of hydrogen-bond acceptors (Lipinski definition) is 2. The maximum Gasteiger partial charge on any atom is 0.132 e. The summed E-state index contributed by atoms with van der Waals surface area (Å²) in [6, 6.07) is 6.16. The van der Waals surface area contributed by atoms with E-state index in [1.54, 1.807) is 0 Å². The van der Waals surface area contributed by atoms with Gasteiger partial charge in [0.2, 0.25) is 0 Å². The fourth-order valence-corrected chi connectivity index (χ4v) is 2.93. The maximum absolute atomic E-state index is 6.37. The minimum absolute atomic E-state index is 0.165. The molecule has 0 amide bonds. The molecular weight excluding hydrogens is 284 g/mol. The van der Waals surface area contributed by atoms with E-state index in [1.807, 2.05) is 37.0 Å². The van der Waals surface area contributed by atoms with Crippen LogP contribution >= 0.6 is 11.6 Å². The Morgan fingerprint density at radius 3 is 2.76 bits per heavy atom. The number of rotatable bonds is 3. The molecule has 0 aliphatic rings. The summed E-state index contributed by atoms with van der Waals surface area (Å²) >= 11 is 6.37. The first-order valence-corrected chi connectivity index (χ1v) is 7.61. The highest BCUT2D eigenvalue weighted by Crippen LogP contribution is 2.31. The number of hydrogen-bond donors (Lipinski definition) is 0. The molecule has 110 valence electrons. The SMILES string of the molecule is CCc1nn(C)cc1-n1c(C(C)Cl)nc2cccc(C)c21. The first-order chi connectivity index (χ1) is 10.0. The van der Waals surface area contributed by atoms with E-state index >= 15 is 0 Å². The largest absolute Gasteiger partial charge is 0.291 e. The molecule has 2 heterocycles. The Bertz CT molecular complexity index is 798. The summed E-state index contributed by atoms with van der Waals surface area (Å²) in [5, 5.41) is 4.38. The van der Waals surface area contributed by atoms with Crippen molar-refractivity contribution in [2.45, 2.75) is 32.6 Å². The Hall–Kier alpha value is -1.81. The summed E-state index contributed by atoms with van der Waals surface area (Å²) in [5.41, 5.74) is 5.40. The second-order valence-corrected chi connectivity index (χ2v) is 6.01. The van der Waals surface area contributed by atoms with Crippen LogP contribution in [0.1, 0.15) is 36.3 Å². The molecule has 3 rings (SSSR count). The Labute approximate surface area is 129 Å². The summed E-state index contributed by atoms with van der Waals surface area (Å²) in [7, 11) is 1.94. The van der Waals surface area contributed by atoms with Crippen LogP contribution < -0.4 is 0 Å². The molecule has 0 radical (unpaired) electrons. The molecular formula is C16H19ClN4. The van der Waals surface area contributed by atoms with Gasteiger partial charge >= 0.3 is 0 Å². The Balaban J connectivity index is 2.41. The number of para-hydroxylation sites is 1. The first kappa shape index (κ1) is 14.1. The van der Waals surface area contributed by atoms with Gasteiger partial charge in [-0.05, 0) is 31.9 Å².